The molecule has 11 heavy (non-hydrogen) atoms. The summed E-state index contributed by atoms with van der Waals surface area (Å²) in [5.74, 6) is 0. The molecule has 1 aliphatic rings. The number of nitrogens with zero attached hydrogens (tertiary/aromatic N) is 1. The van der Waals surface area contributed by atoms with Crippen LogP contribution in [0.25, 0.3) is 0 Å². The molecule has 5 nitrogen and oxygen atoms in total. The highest BCUT2D eigenvalue weighted by atomic mass is 32.2. The Balaban J connectivity index is 2.60. The topological polar surface area (TPSA) is 83.6 Å². The van der Waals surface area contributed by atoms with Gasteiger partial charge in [-0.1, -0.05) is 0 Å². The molecule has 0 amide bonds. The summed E-state index contributed by atoms with van der Waals surface area (Å²) < 4.78 is 22.5. The quantitative estimate of drug-likeness (QED) is 0.523. The number of piperidine rings is 1. The van der Waals surface area contributed by atoms with Crippen molar-refractivity contribution in [2.75, 3.05) is 13.1 Å². The molecule has 6 heteroatoms. The van der Waals surface area contributed by atoms with Crippen LogP contribution in [0.1, 0.15) is 12.8 Å². The van der Waals surface area contributed by atoms with Gasteiger partial charge < -0.3 is 5.11 Å². The first kappa shape index (κ1) is 8.92. The minimum Gasteiger partial charge on any atom is -0.392 e. The first-order valence-electron chi connectivity index (χ1n) is 3.46. The van der Waals surface area contributed by atoms with Crippen molar-refractivity contribution in [3.05, 3.63) is 0 Å². The van der Waals surface area contributed by atoms with Crippen LogP contribution in [0.3, 0.4) is 0 Å². The van der Waals surface area contributed by atoms with Crippen molar-refractivity contribution in [2.45, 2.75) is 18.9 Å². The molecule has 66 valence electrons. The minimum absolute atomic E-state index is 0.138. The number of aliphatic hydroxyl groups is 1. The van der Waals surface area contributed by atoms with Crippen molar-refractivity contribution < 1.29 is 13.5 Å². The second kappa shape index (κ2) is 3.06. The Morgan fingerprint density at radius 2 is 2.18 bits per heavy atom. The molecular weight excluding hydrogens is 168 g/mol. The Bertz CT molecular complexity index is 226. The zero-order valence-corrected chi connectivity index (χ0v) is 6.92. The van der Waals surface area contributed by atoms with Crippen molar-refractivity contribution in [3.63, 3.8) is 0 Å². The highest BCUT2D eigenvalue weighted by molar-refractivity contribution is 7.86. The van der Waals surface area contributed by atoms with Gasteiger partial charge in [-0.3, -0.25) is 0 Å². The van der Waals surface area contributed by atoms with Crippen LogP contribution in [0.5, 0.6) is 0 Å². The average molecular weight is 180 g/mol. The van der Waals surface area contributed by atoms with E-state index in [9.17, 15) is 8.42 Å². The maximum Gasteiger partial charge on any atom is 0.276 e. The minimum atomic E-state index is -3.59. The number of hydrogen-bond acceptors (Lipinski definition) is 3. The summed E-state index contributed by atoms with van der Waals surface area (Å²) in [5.41, 5.74) is 0. The van der Waals surface area contributed by atoms with Crippen molar-refractivity contribution in [2.24, 2.45) is 5.14 Å². The Kier molecular flexibility index (Phi) is 2.48. The zero-order valence-electron chi connectivity index (χ0n) is 6.10. The molecule has 1 fully saturated rings. The van der Waals surface area contributed by atoms with Gasteiger partial charge in [0.25, 0.3) is 10.2 Å². The Morgan fingerprint density at radius 3 is 2.55 bits per heavy atom. The van der Waals surface area contributed by atoms with E-state index in [-0.39, 0.29) is 6.54 Å². The van der Waals surface area contributed by atoms with E-state index in [1.807, 2.05) is 0 Å². The summed E-state index contributed by atoms with van der Waals surface area (Å²) >= 11 is 0. The third kappa shape index (κ3) is 2.41. The summed E-state index contributed by atoms with van der Waals surface area (Å²) in [5, 5.41) is 13.9. The number of rotatable bonds is 1. The molecule has 1 saturated heterocycles. The van der Waals surface area contributed by atoms with Gasteiger partial charge in [-0.2, -0.15) is 12.7 Å². The molecule has 0 aromatic carbocycles. The van der Waals surface area contributed by atoms with Crippen molar-refractivity contribution in [1.82, 2.24) is 4.31 Å². The van der Waals surface area contributed by atoms with Gasteiger partial charge in [-0.05, 0) is 12.8 Å². The van der Waals surface area contributed by atoms with E-state index < -0.39 is 16.3 Å². The average Bonchev–Trinajstić information content (AvgIpc) is 1.86. The largest absolute Gasteiger partial charge is 0.392 e. The molecular formula is C5H12N2O3S. The van der Waals surface area contributed by atoms with E-state index in [1.165, 1.54) is 0 Å². The lowest BCUT2D eigenvalue weighted by molar-refractivity contribution is 0.108. The zero-order chi connectivity index (χ0) is 8.48. The van der Waals surface area contributed by atoms with E-state index in [2.05, 4.69) is 0 Å². The third-order valence-corrected chi connectivity index (χ3v) is 2.77. The van der Waals surface area contributed by atoms with Crippen LogP contribution in [0.2, 0.25) is 0 Å². The second-order valence-electron chi connectivity index (χ2n) is 2.70. The molecule has 3 N–H and O–H groups in total. The van der Waals surface area contributed by atoms with Crippen LogP contribution in [-0.2, 0) is 10.2 Å². The van der Waals surface area contributed by atoms with Crippen LogP contribution in [0.4, 0.5) is 0 Å². The Hall–Kier alpha value is -0.170. The van der Waals surface area contributed by atoms with Crippen LogP contribution in [0, 0.1) is 0 Å². The van der Waals surface area contributed by atoms with Gasteiger partial charge in [0.05, 0.1) is 6.10 Å². The summed E-state index contributed by atoms with van der Waals surface area (Å²) in [6, 6.07) is 0. The highest BCUT2D eigenvalue weighted by Gasteiger charge is 2.24. The van der Waals surface area contributed by atoms with Gasteiger partial charge >= 0.3 is 0 Å². The maximum atomic E-state index is 10.7. The lowest BCUT2D eigenvalue weighted by atomic mass is 10.1. The standard InChI is InChI=1S/C5H12N2O3S/c6-11(9,10)7-3-1-2-5(8)4-7/h5,8H,1-4H2,(H2,6,9,10)/t5-/m0/s1. The molecule has 0 spiro atoms. The lowest BCUT2D eigenvalue weighted by Gasteiger charge is -2.27. The van der Waals surface area contributed by atoms with Crippen molar-refractivity contribution in [3.8, 4) is 0 Å². The first-order chi connectivity index (χ1) is 5.00. The third-order valence-electron chi connectivity index (χ3n) is 1.72. The highest BCUT2D eigenvalue weighted by Crippen LogP contribution is 2.10. The van der Waals surface area contributed by atoms with Gasteiger partial charge in [0.15, 0.2) is 0 Å². The number of β-amino-alcohol motifs (C(OH)–C–C–N with tert-alkyl or cyclic N) is 1. The van der Waals surface area contributed by atoms with E-state index in [4.69, 9.17) is 10.2 Å². The van der Waals surface area contributed by atoms with Crippen molar-refractivity contribution >= 4 is 10.2 Å². The summed E-state index contributed by atoms with van der Waals surface area (Å²) in [6.07, 6.45) is 0.783. The fraction of sp³-hybridized carbons (Fsp3) is 1.00. The number of hydrogen-bond donors (Lipinski definition) is 2. The number of aliphatic hydroxyl groups excluding tert-OH is 1. The van der Waals surface area contributed by atoms with Gasteiger partial charge in [-0.15, -0.1) is 0 Å². The van der Waals surface area contributed by atoms with Gasteiger partial charge in [0.1, 0.15) is 0 Å². The normalized spacial score (nSPS) is 28.7. The maximum absolute atomic E-state index is 10.7. The first-order valence-corrected chi connectivity index (χ1v) is 4.96. The van der Waals surface area contributed by atoms with E-state index >= 15 is 0 Å². The van der Waals surface area contributed by atoms with Crippen molar-refractivity contribution in [1.29, 1.82) is 0 Å². The Morgan fingerprint density at radius 1 is 1.55 bits per heavy atom. The molecule has 1 rings (SSSR count). The summed E-state index contributed by atoms with van der Waals surface area (Å²) in [6.45, 7) is 0.564. The molecule has 0 bridgehead atoms. The fourth-order valence-corrected chi connectivity index (χ4v) is 1.92. The molecule has 0 aliphatic carbocycles. The molecule has 0 saturated carbocycles. The van der Waals surface area contributed by atoms with Gasteiger partial charge in [0, 0.05) is 13.1 Å². The second-order valence-corrected chi connectivity index (χ2v) is 4.25. The smallest absolute Gasteiger partial charge is 0.276 e. The van der Waals surface area contributed by atoms with Crippen LogP contribution in [0.15, 0.2) is 0 Å². The Labute approximate surface area is 66.0 Å². The van der Waals surface area contributed by atoms with E-state index in [1.54, 1.807) is 0 Å². The molecule has 0 radical (unpaired) electrons. The van der Waals surface area contributed by atoms with Crippen LogP contribution in [-0.4, -0.2) is 37.0 Å². The van der Waals surface area contributed by atoms with E-state index in [0.29, 0.717) is 19.4 Å². The molecule has 0 unspecified atom stereocenters. The predicted molar refractivity (Wildman–Crippen MR) is 39.9 cm³/mol. The lowest BCUT2D eigenvalue weighted by Crippen LogP contribution is -2.45. The monoisotopic (exact) mass is 180 g/mol. The van der Waals surface area contributed by atoms with Crippen LogP contribution < -0.4 is 5.14 Å². The number of nitrogens with two attached hydrogens (primary N) is 1. The van der Waals surface area contributed by atoms with Gasteiger partial charge in [0.2, 0.25) is 0 Å². The summed E-state index contributed by atoms with van der Waals surface area (Å²) in [7, 11) is -3.59. The summed E-state index contributed by atoms with van der Waals surface area (Å²) in [4.78, 5) is 0. The molecule has 1 aliphatic heterocycles. The van der Waals surface area contributed by atoms with E-state index in [0.717, 1.165) is 4.31 Å². The van der Waals surface area contributed by atoms with Gasteiger partial charge in [-0.25, -0.2) is 5.14 Å². The molecule has 0 aromatic heterocycles. The SMILES string of the molecule is NS(=O)(=O)N1CCC[C@H](O)C1. The molecule has 1 atom stereocenters. The molecule has 1 heterocycles. The predicted octanol–water partition coefficient (Wildman–Crippen LogP) is -1.35. The fourth-order valence-electron chi connectivity index (χ4n) is 1.15. The van der Waals surface area contributed by atoms with Crippen LogP contribution >= 0.6 is 0 Å². The molecule has 0 aromatic rings.